The van der Waals surface area contributed by atoms with Gasteiger partial charge in [-0.3, -0.25) is 4.99 Å². The lowest BCUT2D eigenvalue weighted by Crippen LogP contribution is -2.06. The van der Waals surface area contributed by atoms with Crippen molar-refractivity contribution in [3.63, 3.8) is 0 Å². The van der Waals surface area contributed by atoms with Crippen molar-refractivity contribution in [3.8, 4) is 5.75 Å². The van der Waals surface area contributed by atoms with Gasteiger partial charge in [-0.2, -0.15) is 0 Å². The lowest BCUT2D eigenvalue weighted by Gasteiger charge is -2.11. The molecule has 1 atom stereocenters. The van der Waals surface area contributed by atoms with Crippen molar-refractivity contribution in [2.45, 2.75) is 19.9 Å². The van der Waals surface area contributed by atoms with Crippen LogP contribution in [0.1, 0.15) is 12.5 Å². The van der Waals surface area contributed by atoms with Gasteiger partial charge >= 0.3 is 0 Å². The normalized spacial score (nSPS) is 19.4. The summed E-state index contributed by atoms with van der Waals surface area (Å²) in [5, 5.41) is 4.30. The van der Waals surface area contributed by atoms with Gasteiger partial charge in [0, 0.05) is 5.75 Å². The number of methoxy groups -OCH3 is 1. The summed E-state index contributed by atoms with van der Waals surface area (Å²) >= 11 is 1.75. The Hall–Kier alpha value is -1.16. The van der Waals surface area contributed by atoms with Gasteiger partial charge in [0.1, 0.15) is 5.75 Å². The number of benzene rings is 1. The van der Waals surface area contributed by atoms with Crippen molar-refractivity contribution in [1.29, 1.82) is 0 Å². The third-order valence-corrected chi connectivity index (χ3v) is 3.53. The summed E-state index contributed by atoms with van der Waals surface area (Å²) in [4.78, 5) is 4.50. The third-order valence-electron chi connectivity index (χ3n) is 2.40. The molecule has 1 N–H and O–H groups in total. The van der Waals surface area contributed by atoms with E-state index in [4.69, 9.17) is 4.74 Å². The average molecular weight is 236 g/mol. The Kier molecular flexibility index (Phi) is 3.39. The Morgan fingerprint density at radius 1 is 1.50 bits per heavy atom. The fourth-order valence-electron chi connectivity index (χ4n) is 1.58. The predicted octanol–water partition coefficient (Wildman–Crippen LogP) is 2.91. The summed E-state index contributed by atoms with van der Waals surface area (Å²) in [6, 6.07) is 6.49. The molecule has 0 aromatic heterocycles. The highest BCUT2D eigenvalue weighted by Gasteiger charge is 2.15. The van der Waals surface area contributed by atoms with Crippen LogP contribution in [0.25, 0.3) is 0 Å². The van der Waals surface area contributed by atoms with Crippen LogP contribution < -0.4 is 10.1 Å². The SMILES string of the molecule is COc1ccc(C)cc1NC1=NC(C)CS1. The highest BCUT2D eigenvalue weighted by Crippen LogP contribution is 2.28. The molecule has 0 aliphatic carbocycles. The first-order chi connectivity index (χ1) is 7.69. The van der Waals surface area contributed by atoms with Crippen LogP contribution in [0.5, 0.6) is 5.75 Å². The van der Waals surface area contributed by atoms with Crippen LogP contribution in [-0.2, 0) is 0 Å². The quantitative estimate of drug-likeness (QED) is 0.857. The molecule has 1 aromatic rings. The van der Waals surface area contributed by atoms with E-state index in [1.54, 1.807) is 18.9 Å². The van der Waals surface area contributed by atoms with Crippen molar-refractivity contribution in [1.82, 2.24) is 0 Å². The molecular formula is C12H16N2OS. The molecule has 1 aromatic carbocycles. The fourth-order valence-corrected chi connectivity index (χ4v) is 2.49. The molecule has 1 aliphatic rings. The number of hydrogen-bond donors (Lipinski definition) is 1. The molecular weight excluding hydrogens is 220 g/mol. The first-order valence-electron chi connectivity index (χ1n) is 5.31. The number of aliphatic imine (C=N–C) groups is 1. The van der Waals surface area contributed by atoms with E-state index in [9.17, 15) is 0 Å². The molecule has 0 radical (unpaired) electrons. The molecule has 2 rings (SSSR count). The van der Waals surface area contributed by atoms with Crippen LogP contribution in [0.4, 0.5) is 5.69 Å². The van der Waals surface area contributed by atoms with Crippen molar-refractivity contribution >= 4 is 22.6 Å². The van der Waals surface area contributed by atoms with Crippen LogP contribution >= 0.6 is 11.8 Å². The largest absolute Gasteiger partial charge is 0.495 e. The van der Waals surface area contributed by atoms with E-state index in [0.717, 1.165) is 22.4 Å². The Balaban J connectivity index is 2.20. The van der Waals surface area contributed by atoms with Crippen molar-refractivity contribution in [3.05, 3.63) is 23.8 Å². The van der Waals surface area contributed by atoms with E-state index >= 15 is 0 Å². The zero-order chi connectivity index (χ0) is 11.5. The van der Waals surface area contributed by atoms with Crippen LogP contribution in [0.3, 0.4) is 0 Å². The molecule has 4 heteroatoms. The van der Waals surface area contributed by atoms with E-state index < -0.39 is 0 Å². The van der Waals surface area contributed by atoms with E-state index in [-0.39, 0.29) is 0 Å². The Labute approximate surface area is 100 Å². The number of amidine groups is 1. The lowest BCUT2D eigenvalue weighted by atomic mass is 10.2. The predicted molar refractivity (Wildman–Crippen MR) is 70.7 cm³/mol. The molecule has 0 spiro atoms. The van der Waals surface area contributed by atoms with Crippen molar-refractivity contribution < 1.29 is 4.74 Å². The topological polar surface area (TPSA) is 33.6 Å². The first-order valence-corrected chi connectivity index (χ1v) is 6.30. The number of rotatable bonds is 2. The maximum absolute atomic E-state index is 5.31. The Morgan fingerprint density at radius 2 is 2.31 bits per heavy atom. The van der Waals surface area contributed by atoms with Crippen LogP contribution in [0.2, 0.25) is 0 Å². The molecule has 3 nitrogen and oxygen atoms in total. The number of nitrogens with one attached hydrogen (secondary N) is 1. The highest BCUT2D eigenvalue weighted by molar-refractivity contribution is 8.14. The smallest absolute Gasteiger partial charge is 0.161 e. The molecule has 1 heterocycles. The summed E-state index contributed by atoms with van der Waals surface area (Å²) < 4.78 is 5.31. The number of nitrogens with zero attached hydrogens (tertiary/aromatic N) is 1. The minimum Gasteiger partial charge on any atom is -0.495 e. The Morgan fingerprint density at radius 3 is 2.94 bits per heavy atom. The van der Waals surface area contributed by atoms with Crippen molar-refractivity contribution in [2.75, 3.05) is 18.2 Å². The van der Waals surface area contributed by atoms with E-state index in [2.05, 4.69) is 30.2 Å². The minimum absolute atomic E-state index is 0.406. The lowest BCUT2D eigenvalue weighted by molar-refractivity contribution is 0.417. The van der Waals surface area contributed by atoms with Gasteiger partial charge in [0.05, 0.1) is 18.8 Å². The first kappa shape index (κ1) is 11.3. The average Bonchev–Trinajstić information content (AvgIpc) is 2.64. The highest BCUT2D eigenvalue weighted by atomic mass is 32.2. The van der Waals surface area contributed by atoms with Crippen LogP contribution in [0.15, 0.2) is 23.2 Å². The van der Waals surface area contributed by atoms with Gasteiger partial charge < -0.3 is 10.1 Å². The van der Waals surface area contributed by atoms with Gasteiger partial charge in [0.2, 0.25) is 0 Å². The summed E-state index contributed by atoms with van der Waals surface area (Å²) in [5.74, 6) is 1.91. The number of aryl methyl sites for hydroxylation is 1. The van der Waals surface area contributed by atoms with Gasteiger partial charge in [-0.05, 0) is 31.5 Å². The molecule has 0 saturated carbocycles. The zero-order valence-electron chi connectivity index (χ0n) is 9.78. The van der Waals surface area contributed by atoms with Crippen LogP contribution in [-0.4, -0.2) is 24.1 Å². The fraction of sp³-hybridized carbons (Fsp3) is 0.417. The Bertz CT molecular complexity index is 417. The van der Waals surface area contributed by atoms with E-state index in [1.807, 2.05) is 12.1 Å². The zero-order valence-corrected chi connectivity index (χ0v) is 10.6. The van der Waals surface area contributed by atoms with Gasteiger partial charge in [-0.25, -0.2) is 0 Å². The number of thioether (sulfide) groups is 1. The van der Waals surface area contributed by atoms with Crippen molar-refractivity contribution in [2.24, 2.45) is 4.99 Å². The van der Waals surface area contributed by atoms with Gasteiger partial charge in [-0.1, -0.05) is 17.8 Å². The number of hydrogen-bond acceptors (Lipinski definition) is 4. The molecule has 16 heavy (non-hydrogen) atoms. The number of anilines is 1. The van der Waals surface area contributed by atoms with Gasteiger partial charge in [0.15, 0.2) is 5.17 Å². The molecule has 1 unspecified atom stereocenters. The third kappa shape index (κ3) is 2.50. The maximum Gasteiger partial charge on any atom is 0.161 e. The van der Waals surface area contributed by atoms with E-state index in [0.29, 0.717) is 6.04 Å². The summed E-state index contributed by atoms with van der Waals surface area (Å²) in [6.45, 7) is 4.19. The molecule has 0 saturated heterocycles. The molecule has 0 amide bonds. The second-order valence-corrected chi connectivity index (χ2v) is 4.93. The summed E-state index contributed by atoms with van der Waals surface area (Å²) in [6.07, 6.45) is 0. The van der Waals surface area contributed by atoms with Crippen LogP contribution in [0, 0.1) is 6.92 Å². The van der Waals surface area contributed by atoms with Gasteiger partial charge in [0.25, 0.3) is 0 Å². The molecule has 0 bridgehead atoms. The van der Waals surface area contributed by atoms with E-state index in [1.165, 1.54) is 5.56 Å². The monoisotopic (exact) mass is 236 g/mol. The second kappa shape index (κ2) is 4.78. The molecule has 1 aliphatic heterocycles. The minimum atomic E-state index is 0.406. The standard InChI is InChI=1S/C12H16N2OS/c1-8-4-5-11(15-3)10(6-8)14-12-13-9(2)7-16-12/h4-6,9H,7H2,1-3H3,(H,13,14). The maximum atomic E-state index is 5.31. The summed E-state index contributed by atoms with van der Waals surface area (Å²) in [5.41, 5.74) is 2.20. The van der Waals surface area contributed by atoms with Gasteiger partial charge in [-0.15, -0.1) is 0 Å². The summed E-state index contributed by atoms with van der Waals surface area (Å²) in [7, 11) is 1.68. The number of ether oxygens (including phenoxy) is 1. The molecule has 0 fully saturated rings. The molecule has 86 valence electrons. The second-order valence-electron chi connectivity index (χ2n) is 3.92.